The standard InChI is InChI=1S/C22H22ClN3O5/c23-15-7-4-13(5-8-15)21-16(19(11-27)31-26-21)12-30-20-9-6-14(10-24-20)22(29)25-17-2-1-3-18(17)28/h4-10,17-18,27-28H,1-3,11-12H2,(H,25,29)/t17-,18-/m0/s1. The summed E-state index contributed by atoms with van der Waals surface area (Å²) in [7, 11) is 0. The van der Waals surface area contributed by atoms with Gasteiger partial charge < -0.3 is 24.8 Å². The number of hydrogen-bond acceptors (Lipinski definition) is 7. The molecule has 2 heterocycles. The molecule has 3 aromatic rings. The second kappa shape index (κ2) is 9.47. The van der Waals surface area contributed by atoms with Crippen LogP contribution in [-0.4, -0.2) is 38.4 Å². The minimum Gasteiger partial charge on any atom is -0.473 e. The number of halogens is 1. The maximum absolute atomic E-state index is 12.4. The summed E-state index contributed by atoms with van der Waals surface area (Å²) in [5, 5.41) is 26.9. The molecule has 0 spiro atoms. The first-order valence-corrected chi connectivity index (χ1v) is 10.3. The quantitative estimate of drug-likeness (QED) is 0.513. The number of nitrogens with one attached hydrogen (secondary N) is 1. The van der Waals surface area contributed by atoms with Crippen LogP contribution in [0.4, 0.5) is 0 Å². The Bertz CT molecular complexity index is 1040. The van der Waals surface area contributed by atoms with Crippen molar-refractivity contribution >= 4 is 17.5 Å². The molecular formula is C22H22ClN3O5. The van der Waals surface area contributed by atoms with Gasteiger partial charge in [-0.05, 0) is 37.5 Å². The fourth-order valence-electron chi connectivity index (χ4n) is 3.56. The van der Waals surface area contributed by atoms with E-state index >= 15 is 0 Å². The average molecular weight is 444 g/mol. The minimum atomic E-state index is -0.501. The summed E-state index contributed by atoms with van der Waals surface area (Å²) in [6.07, 6.45) is 3.29. The van der Waals surface area contributed by atoms with Crippen LogP contribution in [0.25, 0.3) is 11.3 Å². The van der Waals surface area contributed by atoms with E-state index < -0.39 is 6.10 Å². The normalized spacial score (nSPS) is 18.2. The van der Waals surface area contributed by atoms with E-state index in [2.05, 4.69) is 15.5 Å². The first-order valence-electron chi connectivity index (χ1n) is 9.97. The molecule has 8 nitrogen and oxygen atoms in total. The average Bonchev–Trinajstić information content (AvgIpc) is 3.38. The van der Waals surface area contributed by atoms with Crippen molar-refractivity contribution in [2.45, 2.75) is 44.6 Å². The van der Waals surface area contributed by atoms with Crippen LogP contribution < -0.4 is 10.1 Å². The second-order valence-corrected chi connectivity index (χ2v) is 7.79. The van der Waals surface area contributed by atoms with Gasteiger partial charge in [0.05, 0.1) is 23.3 Å². The van der Waals surface area contributed by atoms with Gasteiger partial charge in [0.25, 0.3) is 5.91 Å². The molecule has 31 heavy (non-hydrogen) atoms. The Morgan fingerprint density at radius 1 is 1.23 bits per heavy atom. The van der Waals surface area contributed by atoms with Gasteiger partial charge in [-0.2, -0.15) is 0 Å². The molecule has 3 N–H and O–H groups in total. The van der Waals surface area contributed by atoms with Gasteiger partial charge in [-0.15, -0.1) is 0 Å². The Labute approximate surface area is 183 Å². The molecule has 2 atom stereocenters. The van der Waals surface area contributed by atoms with E-state index in [9.17, 15) is 15.0 Å². The molecule has 2 aromatic heterocycles. The Morgan fingerprint density at radius 2 is 2.03 bits per heavy atom. The lowest BCUT2D eigenvalue weighted by Gasteiger charge is -2.16. The molecule has 0 aliphatic heterocycles. The summed E-state index contributed by atoms with van der Waals surface area (Å²) in [6, 6.07) is 10.1. The minimum absolute atomic E-state index is 0.0736. The smallest absolute Gasteiger partial charge is 0.253 e. The summed E-state index contributed by atoms with van der Waals surface area (Å²) in [5.74, 6) is 0.331. The van der Waals surface area contributed by atoms with Crippen molar-refractivity contribution in [2.24, 2.45) is 0 Å². The monoisotopic (exact) mass is 443 g/mol. The van der Waals surface area contributed by atoms with E-state index in [1.54, 1.807) is 36.4 Å². The van der Waals surface area contributed by atoms with Gasteiger partial charge in [-0.25, -0.2) is 4.98 Å². The number of nitrogens with zero attached hydrogens (tertiary/aromatic N) is 2. The lowest BCUT2D eigenvalue weighted by Crippen LogP contribution is -2.39. The van der Waals surface area contributed by atoms with Gasteiger partial charge >= 0.3 is 0 Å². The molecule has 9 heteroatoms. The highest BCUT2D eigenvalue weighted by Gasteiger charge is 2.27. The third kappa shape index (κ3) is 4.87. The zero-order chi connectivity index (χ0) is 21.8. The van der Waals surface area contributed by atoms with E-state index in [0.717, 1.165) is 18.4 Å². The first-order chi connectivity index (χ1) is 15.0. The molecule has 1 saturated carbocycles. The fourth-order valence-corrected chi connectivity index (χ4v) is 3.68. The number of ether oxygens (including phenoxy) is 1. The van der Waals surface area contributed by atoms with Crippen LogP contribution in [0.1, 0.15) is 40.9 Å². The number of amides is 1. The number of benzene rings is 1. The number of aromatic nitrogens is 2. The van der Waals surface area contributed by atoms with E-state index in [1.807, 2.05) is 0 Å². The summed E-state index contributed by atoms with van der Waals surface area (Å²) >= 11 is 5.94. The van der Waals surface area contributed by atoms with E-state index in [4.69, 9.17) is 20.9 Å². The molecule has 4 rings (SSSR count). The van der Waals surface area contributed by atoms with Crippen LogP contribution in [0.5, 0.6) is 5.88 Å². The maximum Gasteiger partial charge on any atom is 0.253 e. The number of hydrogen-bond donors (Lipinski definition) is 3. The zero-order valence-electron chi connectivity index (χ0n) is 16.6. The van der Waals surface area contributed by atoms with Gasteiger partial charge in [0, 0.05) is 22.8 Å². The number of rotatable bonds is 7. The van der Waals surface area contributed by atoms with Crippen molar-refractivity contribution in [3.63, 3.8) is 0 Å². The van der Waals surface area contributed by atoms with Gasteiger partial charge in [0.2, 0.25) is 5.88 Å². The van der Waals surface area contributed by atoms with Crippen molar-refractivity contribution in [3.8, 4) is 17.1 Å². The molecule has 1 aromatic carbocycles. The van der Waals surface area contributed by atoms with Crippen LogP contribution in [0, 0.1) is 0 Å². The SMILES string of the molecule is O=C(N[C@H]1CCC[C@@H]1O)c1ccc(OCc2c(-c3ccc(Cl)cc3)noc2CO)nc1. The predicted octanol–water partition coefficient (Wildman–Crippen LogP) is 3.10. The number of carbonyl (C=O) groups excluding carboxylic acids is 1. The molecule has 162 valence electrons. The van der Waals surface area contributed by atoms with Crippen molar-refractivity contribution in [1.29, 1.82) is 0 Å². The van der Waals surface area contributed by atoms with Crippen molar-refractivity contribution < 1.29 is 24.3 Å². The number of aliphatic hydroxyl groups excluding tert-OH is 2. The number of carbonyl (C=O) groups is 1. The highest BCUT2D eigenvalue weighted by molar-refractivity contribution is 6.30. The lowest BCUT2D eigenvalue weighted by molar-refractivity contribution is 0.0873. The van der Waals surface area contributed by atoms with Crippen LogP contribution in [0.3, 0.4) is 0 Å². The van der Waals surface area contributed by atoms with Crippen molar-refractivity contribution in [2.75, 3.05) is 0 Å². The predicted molar refractivity (Wildman–Crippen MR) is 113 cm³/mol. The Kier molecular flexibility index (Phi) is 6.50. The third-order valence-electron chi connectivity index (χ3n) is 5.29. The molecule has 1 fully saturated rings. The highest BCUT2D eigenvalue weighted by atomic mass is 35.5. The van der Waals surface area contributed by atoms with Gasteiger partial charge in [0.1, 0.15) is 18.9 Å². The summed E-state index contributed by atoms with van der Waals surface area (Å²) in [5.41, 5.74) is 2.31. The summed E-state index contributed by atoms with van der Waals surface area (Å²) in [4.78, 5) is 16.5. The number of aliphatic hydroxyl groups is 2. The van der Waals surface area contributed by atoms with Gasteiger partial charge in [-0.3, -0.25) is 4.79 Å². The molecule has 1 aliphatic rings. The first kappa shape index (κ1) is 21.3. The Morgan fingerprint density at radius 3 is 2.68 bits per heavy atom. The summed E-state index contributed by atoms with van der Waals surface area (Å²) in [6.45, 7) is -0.247. The second-order valence-electron chi connectivity index (χ2n) is 7.35. The zero-order valence-corrected chi connectivity index (χ0v) is 17.4. The topological polar surface area (TPSA) is 118 Å². The molecule has 0 bridgehead atoms. The maximum atomic E-state index is 12.4. The van der Waals surface area contributed by atoms with E-state index in [-0.39, 0.29) is 25.2 Å². The number of pyridine rings is 1. The van der Waals surface area contributed by atoms with Crippen LogP contribution in [-0.2, 0) is 13.2 Å². The largest absolute Gasteiger partial charge is 0.473 e. The van der Waals surface area contributed by atoms with Gasteiger partial charge in [-0.1, -0.05) is 28.9 Å². The molecular weight excluding hydrogens is 422 g/mol. The molecule has 0 saturated heterocycles. The van der Waals surface area contributed by atoms with Gasteiger partial charge in [0.15, 0.2) is 5.76 Å². The lowest BCUT2D eigenvalue weighted by atomic mass is 10.1. The fraction of sp³-hybridized carbons (Fsp3) is 0.318. The Balaban J connectivity index is 1.43. The van der Waals surface area contributed by atoms with Crippen molar-refractivity contribution in [1.82, 2.24) is 15.5 Å². The van der Waals surface area contributed by atoms with Crippen molar-refractivity contribution in [3.05, 3.63) is 64.5 Å². The molecule has 0 radical (unpaired) electrons. The molecule has 1 aliphatic carbocycles. The van der Waals surface area contributed by atoms with E-state index in [0.29, 0.717) is 39.9 Å². The van der Waals surface area contributed by atoms with Crippen LogP contribution in [0.15, 0.2) is 47.1 Å². The third-order valence-corrected chi connectivity index (χ3v) is 5.54. The Hall–Kier alpha value is -2.94. The molecule has 0 unspecified atom stereocenters. The van der Waals surface area contributed by atoms with E-state index in [1.165, 1.54) is 6.20 Å². The summed E-state index contributed by atoms with van der Waals surface area (Å²) < 4.78 is 11.0. The van der Waals surface area contributed by atoms with Crippen LogP contribution >= 0.6 is 11.6 Å². The highest BCUT2D eigenvalue weighted by Crippen LogP contribution is 2.28. The van der Waals surface area contributed by atoms with Crippen LogP contribution in [0.2, 0.25) is 5.02 Å². The molecule has 1 amide bonds.